The molecule has 0 aliphatic heterocycles. The summed E-state index contributed by atoms with van der Waals surface area (Å²) in [6.45, 7) is 7.70. The smallest absolute Gasteiger partial charge is 0.0873 e. The molecule has 189 valence electrons. The Kier molecular flexibility index (Phi) is 9.69. The molecule has 2 atom stereocenters. The molecule has 4 nitrogen and oxygen atoms in total. The Bertz CT molecular complexity index is 1440. The van der Waals surface area contributed by atoms with Gasteiger partial charge in [0, 0.05) is 37.4 Å². The van der Waals surface area contributed by atoms with Crippen molar-refractivity contribution in [3.63, 3.8) is 0 Å². The molecule has 1 aromatic heterocycles. The van der Waals surface area contributed by atoms with Crippen LogP contribution in [0.1, 0.15) is 45.2 Å². The van der Waals surface area contributed by atoms with E-state index < -0.39 is 0 Å². The van der Waals surface area contributed by atoms with Gasteiger partial charge in [0.2, 0.25) is 0 Å². The van der Waals surface area contributed by atoms with Gasteiger partial charge < -0.3 is 15.2 Å². The molecule has 4 aromatic carbocycles. The number of aromatic nitrogens is 2. The molecule has 5 aromatic rings. The predicted molar refractivity (Wildman–Crippen MR) is 146 cm³/mol. The van der Waals surface area contributed by atoms with Gasteiger partial charge in [-0.05, 0) is 37.6 Å². The molecule has 0 fully saturated rings. The molecule has 0 aliphatic carbocycles. The largest absolute Gasteiger partial charge is 0.393 e. The summed E-state index contributed by atoms with van der Waals surface area (Å²) in [6.07, 6.45) is 3.62. The van der Waals surface area contributed by atoms with Crippen molar-refractivity contribution in [2.75, 3.05) is 0 Å². The average Bonchev–Trinajstić information content (AvgIpc) is 2.88. The molecule has 0 aliphatic rings. The van der Waals surface area contributed by atoms with Crippen LogP contribution in [-0.4, -0.2) is 32.4 Å². The number of aliphatic hydroxyl groups excluding tert-OH is 2. The van der Waals surface area contributed by atoms with Gasteiger partial charge in [-0.25, -0.2) is 0 Å². The molecule has 2 N–H and O–H groups in total. The van der Waals surface area contributed by atoms with Crippen LogP contribution >= 0.6 is 0 Å². The molecule has 0 amide bonds. The molecular weight excluding hydrogens is 625 g/mol. The first-order valence-electron chi connectivity index (χ1n) is 12.4. The SMILES string of the molecule is CC(O)CC(C)O.CCc1c[c-]c2c(c1)c1cc(CC)ccc1c1nc(-c3ccccc3)cnc21.[Ir]. The van der Waals surface area contributed by atoms with E-state index in [0.29, 0.717) is 6.42 Å². The monoisotopic (exact) mass is 658 g/mol. The maximum absolute atomic E-state index is 8.56. The maximum atomic E-state index is 8.56. The zero-order valence-corrected chi connectivity index (χ0v) is 23.6. The van der Waals surface area contributed by atoms with Crippen LogP contribution in [-0.2, 0) is 32.9 Å². The summed E-state index contributed by atoms with van der Waals surface area (Å²) >= 11 is 0. The van der Waals surface area contributed by atoms with E-state index in [4.69, 9.17) is 20.2 Å². The third-order valence-electron chi connectivity index (χ3n) is 6.21. The first-order valence-corrected chi connectivity index (χ1v) is 12.4. The van der Waals surface area contributed by atoms with Crippen molar-refractivity contribution in [3.05, 3.63) is 84.1 Å². The number of aryl methyl sites for hydroxylation is 2. The minimum atomic E-state index is -0.375. The maximum Gasteiger partial charge on any atom is 0.0873 e. The molecule has 1 heterocycles. The van der Waals surface area contributed by atoms with Crippen LogP contribution in [0, 0.1) is 6.07 Å². The minimum absolute atomic E-state index is 0. The van der Waals surface area contributed by atoms with Crippen LogP contribution in [0.2, 0.25) is 0 Å². The Balaban J connectivity index is 0.000000400. The van der Waals surface area contributed by atoms with Gasteiger partial charge in [0.15, 0.2) is 0 Å². The van der Waals surface area contributed by atoms with Gasteiger partial charge in [0.05, 0.1) is 23.4 Å². The number of hydrogen-bond donors (Lipinski definition) is 2. The molecule has 2 unspecified atom stereocenters. The van der Waals surface area contributed by atoms with E-state index in [1.54, 1.807) is 13.8 Å². The second-order valence-electron chi connectivity index (χ2n) is 9.14. The molecule has 0 bridgehead atoms. The number of benzene rings is 4. The second kappa shape index (κ2) is 12.5. The van der Waals surface area contributed by atoms with Crippen LogP contribution in [0.3, 0.4) is 0 Å². The molecule has 0 saturated carbocycles. The van der Waals surface area contributed by atoms with Crippen LogP contribution < -0.4 is 0 Å². The Morgan fingerprint density at radius 2 is 1.47 bits per heavy atom. The van der Waals surface area contributed by atoms with E-state index in [2.05, 4.69) is 62.4 Å². The van der Waals surface area contributed by atoms with E-state index in [9.17, 15) is 0 Å². The third kappa shape index (κ3) is 6.16. The minimum Gasteiger partial charge on any atom is -0.393 e. The number of fused-ring (bicyclic) bond motifs is 6. The number of aliphatic hydroxyl groups is 2. The van der Waals surface area contributed by atoms with Crippen molar-refractivity contribution in [2.24, 2.45) is 0 Å². The van der Waals surface area contributed by atoms with Crippen molar-refractivity contribution in [1.29, 1.82) is 0 Å². The van der Waals surface area contributed by atoms with Gasteiger partial charge in [-0.1, -0.05) is 79.6 Å². The quantitative estimate of drug-likeness (QED) is 0.164. The van der Waals surface area contributed by atoms with Crippen LogP contribution in [0.5, 0.6) is 0 Å². The zero-order chi connectivity index (χ0) is 24.9. The summed E-state index contributed by atoms with van der Waals surface area (Å²) in [5.41, 5.74) is 6.49. The van der Waals surface area contributed by atoms with E-state index in [1.807, 2.05) is 24.4 Å². The van der Waals surface area contributed by atoms with Crippen LogP contribution in [0.4, 0.5) is 0 Å². The van der Waals surface area contributed by atoms with Crippen molar-refractivity contribution < 1.29 is 30.3 Å². The molecular formula is C31H33IrN2O2-. The fourth-order valence-corrected chi connectivity index (χ4v) is 4.40. The Hall–Kier alpha value is -2.69. The fourth-order valence-electron chi connectivity index (χ4n) is 4.40. The van der Waals surface area contributed by atoms with Crippen molar-refractivity contribution in [1.82, 2.24) is 9.97 Å². The Morgan fingerprint density at radius 3 is 2.08 bits per heavy atom. The number of hydrogen-bond acceptors (Lipinski definition) is 4. The Morgan fingerprint density at radius 1 is 0.806 bits per heavy atom. The molecule has 36 heavy (non-hydrogen) atoms. The van der Waals surface area contributed by atoms with Gasteiger partial charge in [0.25, 0.3) is 0 Å². The van der Waals surface area contributed by atoms with E-state index >= 15 is 0 Å². The standard InChI is InChI=1S/C26H21N2.C5H12O2.Ir/c1-3-17-10-12-20-22(14-17)23-15-18(4-2)11-13-21(23)26-25(20)27-16-24(28-26)19-8-6-5-7-9-19;1-4(6)3-5(2)7;/h5-11,13-16H,3-4H2,1-2H3;4-7H,3H2,1-2H3;/q-1;;. The van der Waals surface area contributed by atoms with Crippen LogP contribution in [0.15, 0.2) is 66.9 Å². The topological polar surface area (TPSA) is 66.2 Å². The molecule has 0 saturated heterocycles. The van der Waals surface area contributed by atoms with Gasteiger partial charge in [-0.2, -0.15) is 0 Å². The van der Waals surface area contributed by atoms with E-state index in [0.717, 1.165) is 45.9 Å². The van der Waals surface area contributed by atoms with Gasteiger partial charge >= 0.3 is 0 Å². The van der Waals surface area contributed by atoms with Crippen molar-refractivity contribution >= 4 is 32.6 Å². The first-order chi connectivity index (χ1) is 16.9. The number of nitrogens with zero attached hydrogens (tertiary/aromatic N) is 2. The first kappa shape index (κ1) is 27.9. The summed E-state index contributed by atoms with van der Waals surface area (Å²) < 4.78 is 0. The van der Waals surface area contributed by atoms with E-state index in [-0.39, 0.29) is 32.3 Å². The van der Waals surface area contributed by atoms with Crippen molar-refractivity contribution in [2.45, 2.75) is 59.2 Å². The van der Waals surface area contributed by atoms with E-state index in [1.165, 1.54) is 21.9 Å². The van der Waals surface area contributed by atoms with Gasteiger partial charge in [0.1, 0.15) is 0 Å². The molecule has 5 heteroatoms. The summed E-state index contributed by atoms with van der Waals surface area (Å²) in [5.74, 6) is 0. The van der Waals surface area contributed by atoms with Crippen molar-refractivity contribution in [3.8, 4) is 11.3 Å². The van der Waals surface area contributed by atoms with Gasteiger partial charge in [-0.15, -0.1) is 29.1 Å². The number of rotatable bonds is 5. The second-order valence-corrected chi connectivity index (χ2v) is 9.14. The third-order valence-corrected chi connectivity index (χ3v) is 6.21. The summed E-state index contributed by atoms with van der Waals surface area (Å²) in [5, 5.41) is 21.8. The summed E-state index contributed by atoms with van der Waals surface area (Å²) in [7, 11) is 0. The fraction of sp³-hybridized carbons (Fsp3) is 0.290. The molecule has 1 radical (unpaired) electrons. The molecule has 5 rings (SSSR count). The van der Waals surface area contributed by atoms with Gasteiger partial charge in [-0.3, -0.25) is 4.98 Å². The average molecular weight is 658 g/mol. The normalized spacial score (nSPS) is 12.6. The zero-order valence-electron chi connectivity index (χ0n) is 21.2. The predicted octanol–water partition coefficient (Wildman–Crippen LogP) is 6.66. The Labute approximate surface area is 226 Å². The summed E-state index contributed by atoms with van der Waals surface area (Å²) in [6, 6.07) is 24.8. The van der Waals surface area contributed by atoms with Crippen LogP contribution in [0.25, 0.3) is 43.8 Å². The molecule has 0 spiro atoms. The summed E-state index contributed by atoms with van der Waals surface area (Å²) in [4.78, 5) is 9.88.